The molecule has 0 fully saturated rings. The number of ether oxygens (including phenoxy) is 2. The lowest BCUT2D eigenvalue weighted by atomic mass is 10.1. The summed E-state index contributed by atoms with van der Waals surface area (Å²) in [4.78, 5) is 0. The minimum absolute atomic E-state index is 0.424. The zero-order valence-electron chi connectivity index (χ0n) is 17.0. The average Bonchev–Trinajstić information content (AvgIpc) is 3.56. The zero-order valence-corrected chi connectivity index (χ0v) is 19.6. The third kappa shape index (κ3) is 2.90. The number of hydrogen-bond donors (Lipinski definition) is 0. The molecule has 0 N–H and O–H groups in total. The van der Waals surface area contributed by atoms with Gasteiger partial charge in [0.15, 0.2) is 0 Å². The first-order valence-corrected chi connectivity index (χ1v) is 12.5. The highest BCUT2D eigenvalue weighted by atomic mass is 32.1. The van der Waals surface area contributed by atoms with Gasteiger partial charge in [-0.25, -0.2) is 0 Å². The Kier molecular flexibility index (Phi) is 4.53. The minimum atomic E-state index is 0.424. The van der Waals surface area contributed by atoms with Crippen LogP contribution in [0, 0.1) is 0 Å². The number of benzene rings is 3. The summed E-state index contributed by atoms with van der Waals surface area (Å²) in [6, 6.07) is 21.2. The molecule has 31 heavy (non-hydrogen) atoms. The first-order valence-electron chi connectivity index (χ1n) is 9.83. The van der Waals surface area contributed by atoms with Gasteiger partial charge in [-0.2, -0.15) is 0 Å². The molecule has 1 aliphatic heterocycles. The van der Waals surface area contributed by atoms with Crippen LogP contribution in [0.4, 0.5) is 22.7 Å². The van der Waals surface area contributed by atoms with E-state index in [1.54, 1.807) is 14.2 Å². The number of methoxy groups -OCH3 is 2. The Hall–Kier alpha value is -2.79. The molecular formula is C24H19N2O2PS2. The van der Waals surface area contributed by atoms with E-state index in [2.05, 4.69) is 56.5 Å². The van der Waals surface area contributed by atoms with Crippen molar-refractivity contribution in [1.82, 2.24) is 0 Å². The van der Waals surface area contributed by atoms with E-state index in [1.807, 2.05) is 46.9 Å². The second-order valence-corrected chi connectivity index (χ2v) is 10.1. The topological polar surface area (TPSA) is 24.9 Å². The van der Waals surface area contributed by atoms with Gasteiger partial charge in [0.1, 0.15) is 11.5 Å². The number of thiophene rings is 2. The molecule has 0 radical (unpaired) electrons. The van der Waals surface area contributed by atoms with Gasteiger partial charge in [-0.3, -0.25) is 0 Å². The zero-order chi connectivity index (χ0) is 20.9. The third-order valence-corrected chi connectivity index (χ3v) is 8.94. The summed E-state index contributed by atoms with van der Waals surface area (Å²) >= 11 is 3.65. The van der Waals surface area contributed by atoms with E-state index < -0.39 is 0 Å². The van der Waals surface area contributed by atoms with E-state index in [9.17, 15) is 0 Å². The predicted octanol–water partition coefficient (Wildman–Crippen LogP) is 7.93. The van der Waals surface area contributed by atoms with Crippen LogP contribution in [-0.2, 0) is 0 Å². The molecule has 0 saturated heterocycles. The molecular weight excluding hydrogens is 443 g/mol. The molecule has 0 unspecified atom stereocenters. The molecule has 0 amide bonds. The maximum Gasteiger partial charge on any atom is 0.119 e. The molecule has 3 aromatic carbocycles. The molecule has 0 spiro atoms. The van der Waals surface area contributed by atoms with Crippen LogP contribution in [0.2, 0.25) is 0 Å². The number of anilines is 4. The SMILES string of the molecule is COc1ccc(N2PN(c3ccc(OC)cc3)c3c2c2ccsc2c2sccc32)cc1. The van der Waals surface area contributed by atoms with Crippen molar-refractivity contribution in [3.63, 3.8) is 0 Å². The highest BCUT2D eigenvalue weighted by Gasteiger charge is 2.33. The Bertz CT molecular complexity index is 1290. The number of fused-ring (bicyclic) bond motifs is 6. The quantitative estimate of drug-likeness (QED) is 0.253. The van der Waals surface area contributed by atoms with E-state index >= 15 is 0 Å². The Balaban J connectivity index is 1.60. The van der Waals surface area contributed by atoms with E-state index in [0.717, 1.165) is 11.5 Å². The second kappa shape index (κ2) is 7.41. The van der Waals surface area contributed by atoms with Crippen LogP contribution in [0.5, 0.6) is 11.5 Å². The highest BCUT2D eigenvalue weighted by Crippen LogP contribution is 2.62. The second-order valence-electron chi connectivity index (χ2n) is 7.19. The predicted molar refractivity (Wildman–Crippen MR) is 136 cm³/mol. The van der Waals surface area contributed by atoms with Crippen molar-refractivity contribution < 1.29 is 9.47 Å². The maximum atomic E-state index is 5.38. The summed E-state index contributed by atoms with van der Waals surface area (Å²) in [6.07, 6.45) is 0. The average molecular weight is 463 g/mol. The van der Waals surface area contributed by atoms with Crippen LogP contribution in [0.1, 0.15) is 0 Å². The molecule has 5 aromatic rings. The van der Waals surface area contributed by atoms with Crippen LogP contribution in [0.15, 0.2) is 71.4 Å². The van der Waals surface area contributed by atoms with Crippen molar-refractivity contribution in [2.75, 3.05) is 23.6 Å². The van der Waals surface area contributed by atoms with Crippen LogP contribution < -0.4 is 18.8 Å². The summed E-state index contributed by atoms with van der Waals surface area (Å²) in [5.41, 5.74) is 4.89. The van der Waals surface area contributed by atoms with Gasteiger partial charge in [-0.05, 0) is 71.4 Å². The van der Waals surface area contributed by atoms with Gasteiger partial charge < -0.3 is 18.8 Å². The highest BCUT2D eigenvalue weighted by molar-refractivity contribution is 7.44. The Morgan fingerprint density at radius 3 is 1.42 bits per heavy atom. The van der Waals surface area contributed by atoms with Crippen molar-refractivity contribution in [3.8, 4) is 11.5 Å². The summed E-state index contributed by atoms with van der Waals surface area (Å²) in [5, 5.41) is 7.04. The van der Waals surface area contributed by atoms with Crippen molar-refractivity contribution in [2.45, 2.75) is 0 Å². The number of nitrogens with zero attached hydrogens (tertiary/aromatic N) is 2. The van der Waals surface area contributed by atoms with E-state index in [4.69, 9.17) is 9.47 Å². The van der Waals surface area contributed by atoms with Crippen LogP contribution >= 0.6 is 31.6 Å². The fourth-order valence-corrected chi connectivity index (χ4v) is 7.46. The molecule has 2 aromatic heterocycles. The summed E-state index contributed by atoms with van der Waals surface area (Å²) in [7, 11) is 3.83. The molecule has 4 nitrogen and oxygen atoms in total. The van der Waals surface area contributed by atoms with Gasteiger partial charge in [0.2, 0.25) is 0 Å². The minimum Gasteiger partial charge on any atom is -0.497 e. The Labute approximate surface area is 190 Å². The number of rotatable bonds is 4. The van der Waals surface area contributed by atoms with Crippen LogP contribution in [-0.4, -0.2) is 14.2 Å². The Morgan fingerprint density at radius 2 is 1.03 bits per heavy atom. The monoisotopic (exact) mass is 462 g/mol. The van der Waals surface area contributed by atoms with E-state index in [0.29, 0.717) is 8.88 Å². The Morgan fingerprint density at radius 1 is 0.613 bits per heavy atom. The van der Waals surface area contributed by atoms with E-state index in [-0.39, 0.29) is 0 Å². The van der Waals surface area contributed by atoms with Crippen LogP contribution in [0.25, 0.3) is 20.2 Å². The molecule has 0 atom stereocenters. The maximum absolute atomic E-state index is 5.38. The van der Waals surface area contributed by atoms with Gasteiger partial charge in [-0.1, -0.05) is 0 Å². The molecule has 0 saturated carbocycles. The van der Waals surface area contributed by atoms with Gasteiger partial charge >= 0.3 is 0 Å². The molecule has 0 bridgehead atoms. The van der Waals surface area contributed by atoms with Gasteiger partial charge in [0, 0.05) is 22.1 Å². The summed E-state index contributed by atoms with van der Waals surface area (Å²) in [6.45, 7) is 0. The lowest BCUT2D eigenvalue weighted by Crippen LogP contribution is -2.05. The summed E-state index contributed by atoms with van der Waals surface area (Å²) in [5.74, 6) is 1.74. The molecule has 154 valence electrons. The first kappa shape index (κ1) is 18.9. The fraction of sp³-hybridized carbons (Fsp3) is 0.0833. The number of hydrogen-bond acceptors (Lipinski definition) is 6. The fourth-order valence-electron chi connectivity index (χ4n) is 4.09. The van der Waals surface area contributed by atoms with E-state index in [1.165, 1.54) is 42.9 Å². The molecule has 7 heteroatoms. The normalized spacial score (nSPS) is 13.2. The van der Waals surface area contributed by atoms with Crippen LogP contribution in [0.3, 0.4) is 0 Å². The van der Waals surface area contributed by atoms with Gasteiger partial charge in [0.25, 0.3) is 0 Å². The molecule has 1 aliphatic rings. The summed E-state index contributed by atoms with van der Waals surface area (Å²) < 4.78 is 18.4. The molecule has 6 rings (SSSR count). The molecule has 3 heterocycles. The van der Waals surface area contributed by atoms with Crippen molar-refractivity contribution in [2.24, 2.45) is 0 Å². The van der Waals surface area contributed by atoms with Crippen molar-refractivity contribution >= 4 is 74.5 Å². The standard InChI is InChI=1S/C24H19N2O2PS2/c1-27-17-7-3-15(4-8-17)25-21-19-11-13-30-23(19)24-20(12-14-31-24)22(21)26(29-25)16-5-9-18(28-2)10-6-16/h3-14,29H,1-2H3. The third-order valence-electron chi connectivity index (χ3n) is 5.58. The van der Waals surface area contributed by atoms with Crippen molar-refractivity contribution in [3.05, 3.63) is 71.4 Å². The molecule has 0 aliphatic carbocycles. The van der Waals surface area contributed by atoms with Gasteiger partial charge in [-0.15, -0.1) is 22.7 Å². The largest absolute Gasteiger partial charge is 0.497 e. The van der Waals surface area contributed by atoms with Gasteiger partial charge in [0.05, 0.1) is 43.9 Å². The lowest BCUT2D eigenvalue weighted by molar-refractivity contribution is 0.415. The smallest absolute Gasteiger partial charge is 0.119 e. The first-order chi connectivity index (χ1) is 15.3. The lowest BCUT2D eigenvalue weighted by Gasteiger charge is -2.22. The van der Waals surface area contributed by atoms with Crippen molar-refractivity contribution in [1.29, 1.82) is 0 Å².